The van der Waals surface area contributed by atoms with Crippen molar-refractivity contribution in [1.29, 1.82) is 0 Å². The fourth-order valence-corrected chi connectivity index (χ4v) is 12.7. The predicted octanol–water partition coefficient (Wildman–Crippen LogP) is 20.8. The monoisotopic (exact) mass is 1260 g/mol. The van der Waals surface area contributed by atoms with Gasteiger partial charge in [0.25, 0.3) is 0 Å². The molecule has 0 radical (unpaired) electrons. The van der Waals surface area contributed by atoms with E-state index < -0.39 is 0 Å². The zero-order valence-corrected chi connectivity index (χ0v) is 51.1. The minimum atomic E-state index is -0.0824. The quantitative estimate of drug-likeness (QED) is 0.121. The summed E-state index contributed by atoms with van der Waals surface area (Å²) in [7, 11) is 0. The standard InChI is InChI=1S/C48H42N3OS.C25H26N2.Ir/c1-29(2)39-25-35(33-21-19-32(20-22-33)31-13-8-7-9-14-31)26-40(30(3)4)44(39)51-42-18-11-10-17-41(42)49-46(51)38-16-12-15-37-36-24-23-34(27-43(36)52-45(37)38)47-50-48(5,6)28-53-47;1-17(2)20-13-10-14-21(18(3)4)24(20)27-23-16-9-8-15-22(23)26-25(27)19-11-6-5-7-12-19;/h7-15,17-27,29-30H,28H2,1-6H3;5-11,13-18,25H,1-4H3;/q-1;-2;+3. The third kappa shape index (κ3) is 10.6. The minimum absolute atomic E-state index is 0. The fraction of sp³-hybridized carbons (Fsp3) is 0.233. The summed E-state index contributed by atoms with van der Waals surface area (Å²) in [6.45, 7) is 22.6. The number of rotatable bonds is 11. The molecule has 1 unspecified atom stereocenters. The van der Waals surface area contributed by atoms with Crippen molar-refractivity contribution in [2.75, 3.05) is 10.7 Å². The van der Waals surface area contributed by atoms with E-state index in [0.29, 0.717) is 11.8 Å². The summed E-state index contributed by atoms with van der Waals surface area (Å²) < 4.78 is 9.18. The van der Waals surface area contributed by atoms with Gasteiger partial charge in [0.2, 0.25) is 0 Å². The summed E-state index contributed by atoms with van der Waals surface area (Å²) in [4.78, 5) is 12.8. The van der Waals surface area contributed by atoms with Gasteiger partial charge in [-0.15, -0.1) is 35.6 Å². The molecule has 2 aromatic heterocycles. The van der Waals surface area contributed by atoms with Crippen LogP contribution >= 0.6 is 11.8 Å². The molecule has 8 heteroatoms. The van der Waals surface area contributed by atoms with Crippen LogP contribution in [-0.4, -0.2) is 25.9 Å². The van der Waals surface area contributed by atoms with Gasteiger partial charge in [0.05, 0.1) is 33.0 Å². The summed E-state index contributed by atoms with van der Waals surface area (Å²) in [6, 6.07) is 73.8. The minimum Gasteiger partial charge on any atom is -0.661 e. The van der Waals surface area contributed by atoms with E-state index in [1.54, 1.807) is 0 Å². The van der Waals surface area contributed by atoms with Crippen LogP contribution in [0.5, 0.6) is 0 Å². The van der Waals surface area contributed by atoms with E-state index in [2.05, 4.69) is 261 Å². The predicted molar refractivity (Wildman–Crippen MR) is 339 cm³/mol. The first-order valence-electron chi connectivity index (χ1n) is 28.3. The van der Waals surface area contributed by atoms with E-state index in [0.717, 1.165) is 72.0 Å². The second-order valence-electron chi connectivity index (χ2n) is 23.2. The molecule has 4 heterocycles. The maximum atomic E-state index is 6.80. The number of hydrogen-bond donors (Lipinski definition) is 0. The van der Waals surface area contributed by atoms with Gasteiger partial charge in [-0.2, -0.15) is 35.9 Å². The number of para-hydroxylation sites is 5. The number of benzene rings is 9. The molecule has 6 nitrogen and oxygen atoms in total. The number of aliphatic imine (C=N–C) groups is 1. The van der Waals surface area contributed by atoms with Gasteiger partial charge in [-0.25, -0.2) is 0 Å². The summed E-state index contributed by atoms with van der Waals surface area (Å²) in [5.74, 6) is 3.20. The van der Waals surface area contributed by atoms with Crippen molar-refractivity contribution < 1.29 is 24.5 Å². The van der Waals surface area contributed by atoms with Crippen LogP contribution in [0, 0.1) is 12.1 Å². The van der Waals surface area contributed by atoms with Crippen LogP contribution in [0.1, 0.15) is 132 Å². The van der Waals surface area contributed by atoms with Crippen molar-refractivity contribution in [2.45, 2.75) is 105 Å². The van der Waals surface area contributed by atoms with Crippen LogP contribution in [0.25, 0.3) is 77.6 Å². The van der Waals surface area contributed by atoms with Crippen LogP contribution in [0.4, 0.5) is 17.1 Å². The van der Waals surface area contributed by atoms with E-state index in [4.69, 9.17) is 19.7 Å². The molecule has 0 aliphatic carbocycles. The molecule has 0 saturated carbocycles. The first-order chi connectivity index (χ1) is 38.7. The summed E-state index contributed by atoms with van der Waals surface area (Å²) in [5.41, 5.74) is 21.5. The topological polar surface area (TPSA) is 60.7 Å². The number of nitrogens with zero attached hydrogens (tertiary/aromatic N) is 5. The largest absolute Gasteiger partial charge is 3.00 e. The van der Waals surface area contributed by atoms with Crippen LogP contribution < -0.4 is 4.90 Å². The molecule has 0 N–H and O–H groups in total. The molecule has 2 aliphatic rings. The maximum absolute atomic E-state index is 6.80. The van der Waals surface area contributed by atoms with Gasteiger partial charge in [0, 0.05) is 33.8 Å². The Morgan fingerprint density at radius 1 is 0.568 bits per heavy atom. The van der Waals surface area contributed by atoms with E-state index in [9.17, 15) is 0 Å². The molecule has 1 atom stereocenters. The number of fused-ring (bicyclic) bond motifs is 5. The van der Waals surface area contributed by atoms with Crippen molar-refractivity contribution in [3.05, 3.63) is 239 Å². The number of imidazole rings is 1. The molecule has 81 heavy (non-hydrogen) atoms. The van der Waals surface area contributed by atoms with Gasteiger partial charge >= 0.3 is 20.1 Å². The van der Waals surface area contributed by atoms with Gasteiger partial charge in [-0.05, 0) is 125 Å². The Bertz CT molecular complexity index is 4040. The maximum Gasteiger partial charge on any atom is 3.00 e. The molecule has 13 rings (SSSR count). The van der Waals surface area contributed by atoms with Crippen LogP contribution in [0.3, 0.4) is 0 Å². The molecule has 0 bridgehead atoms. The van der Waals surface area contributed by atoms with Crippen molar-refractivity contribution in [2.24, 2.45) is 4.99 Å². The number of furan rings is 1. The molecule has 0 fully saturated rings. The zero-order chi connectivity index (χ0) is 55.4. The summed E-state index contributed by atoms with van der Waals surface area (Å²) >= 11 is 1.81. The van der Waals surface area contributed by atoms with Gasteiger partial charge in [-0.1, -0.05) is 182 Å². The zero-order valence-electron chi connectivity index (χ0n) is 47.9. The Labute approximate surface area is 496 Å². The fourth-order valence-electron chi connectivity index (χ4n) is 11.6. The molecule has 9 aromatic carbocycles. The van der Waals surface area contributed by atoms with Crippen molar-refractivity contribution in [3.8, 4) is 39.3 Å². The Morgan fingerprint density at radius 2 is 1.19 bits per heavy atom. The summed E-state index contributed by atoms with van der Waals surface area (Å²) in [6.07, 6.45) is -0.0824. The van der Waals surface area contributed by atoms with Gasteiger partial charge in [0.1, 0.15) is 5.58 Å². The van der Waals surface area contributed by atoms with Crippen molar-refractivity contribution in [1.82, 2.24) is 9.55 Å². The van der Waals surface area contributed by atoms with E-state index in [-0.39, 0.29) is 43.6 Å². The third-order valence-corrected chi connectivity index (χ3v) is 17.1. The Kier molecular flexibility index (Phi) is 15.6. The van der Waals surface area contributed by atoms with Gasteiger partial charge in [0.15, 0.2) is 0 Å². The third-order valence-electron chi connectivity index (χ3n) is 15.6. The van der Waals surface area contributed by atoms with Gasteiger partial charge in [-0.3, -0.25) is 9.98 Å². The number of thioether (sulfide) groups is 1. The smallest absolute Gasteiger partial charge is 0.661 e. The van der Waals surface area contributed by atoms with Gasteiger partial charge < -0.3 is 19.2 Å². The Morgan fingerprint density at radius 3 is 1.84 bits per heavy atom. The first kappa shape index (κ1) is 55.4. The summed E-state index contributed by atoms with van der Waals surface area (Å²) in [5, 5.41) is 8.29. The average Bonchev–Trinajstić information content (AvgIpc) is 4.29. The molecular formula is C73H68IrN5OS. The first-order valence-corrected chi connectivity index (χ1v) is 29.3. The van der Waals surface area contributed by atoms with E-state index in [1.807, 2.05) is 30.0 Å². The molecular weight excluding hydrogens is 1190 g/mol. The number of anilines is 2. The van der Waals surface area contributed by atoms with Crippen molar-refractivity contribution >= 4 is 66.8 Å². The normalized spacial score (nSPS) is 14.7. The Balaban J connectivity index is 0.000000207. The van der Waals surface area contributed by atoms with Crippen LogP contribution in [0.2, 0.25) is 0 Å². The van der Waals surface area contributed by atoms with E-state index >= 15 is 0 Å². The number of aromatic nitrogens is 2. The Hall–Kier alpha value is -7.48. The second-order valence-corrected chi connectivity index (χ2v) is 24.2. The van der Waals surface area contributed by atoms with E-state index in [1.165, 1.54) is 61.6 Å². The molecule has 11 aromatic rings. The molecule has 2 aliphatic heterocycles. The molecule has 406 valence electrons. The molecule has 0 spiro atoms. The van der Waals surface area contributed by atoms with Crippen molar-refractivity contribution in [3.63, 3.8) is 0 Å². The second kappa shape index (κ2) is 22.8. The van der Waals surface area contributed by atoms with Crippen LogP contribution in [0.15, 0.2) is 197 Å². The average molecular weight is 1260 g/mol. The van der Waals surface area contributed by atoms with Crippen LogP contribution in [-0.2, 0) is 20.1 Å². The SMILES string of the molecule is CC(C)c1cc(-c2ccc(-c3ccccc3)cc2)cc(C(C)C)c1-n1c(-c2[c-]ccc3c2oc2cc(C4=NC(C)(C)CS4)ccc23)nc2ccccc21.CC(C)c1cccc(C(C)C)c1N1c2ccccc2[N-]C1c1[c-]cccc1.[Ir+3]. The molecule has 0 amide bonds. The molecule has 0 saturated heterocycles. The number of hydrogen-bond acceptors (Lipinski definition) is 5.